The van der Waals surface area contributed by atoms with Crippen LogP contribution in [0.2, 0.25) is 10.0 Å². The van der Waals surface area contributed by atoms with Gasteiger partial charge in [0.1, 0.15) is 0 Å². The number of fused-ring (bicyclic) bond motifs is 5. The zero-order valence-electron chi connectivity index (χ0n) is 13.9. The van der Waals surface area contributed by atoms with Crippen LogP contribution in [-0.2, 0) is 9.59 Å². The number of rotatable bonds is 2. The Bertz CT molecular complexity index is 913. The molecule has 5 unspecified atom stereocenters. The molecule has 3 aliphatic rings. The smallest absolute Gasteiger partial charge is 0.238 e. The molecule has 1 aliphatic heterocycles. The van der Waals surface area contributed by atoms with Crippen LogP contribution in [0.25, 0.3) is 0 Å². The Morgan fingerprint density at radius 1 is 0.885 bits per heavy atom. The van der Waals surface area contributed by atoms with Crippen molar-refractivity contribution in [2.75, 3.05) is 4.90 Å². The van der Waals surface area contributed by atoms with Crippen molar-refractivity contribution >= 4 is 40.7 Å². The Kier molecular flexibility index (Phi) is 3.67. The molecule has 0 radical (unpaired) electrons. The second-order valence-electron chi connectivity index (χ2n) is 7.57. The zero-order chi connectivity index (χ0) is 18.0. The maximum absolute atomic E-state index is 13.2. The van der Waals surface area contributed by atoms with Crippen molar-refractivity contribution in [1.29, 1.82) is 0 Å². The van der Waals surface area contributed by atoms with Crippen molar-refractivity contribution in [3.05, 3.63) is 64.1 Å². The van der Waals surface area contributed by atoms with Crippen LogP contribution in [-0.4, -0.2) is 11.8 Å². The van der Waals surface area contributed by atoms with Crippen LogP contribution >= 0.6 is 23.2 Å². The summed E-state index contributed by atoms with van der Waals surface area (Å²) in [7, 11) is 0. The number of hydrogen-bond donors (Lipinski definition) is 0. The number of anilines is 1. The van der Waals surface area contributed by atoms with Gasteiger partial charge in [-0.1, -0.05) is 53.5 Å². The maximum atomic E-state index is 13.2. The summed E-state index contributed by atoms with van der Waals surface area (Å²) in [5.74, 6) is 0.264. The van der Waals surface area contributed by atoms with Crippen LogP contribution in [0.4, 0.5) is 5.69 Å². The van der Waals surface area contributed by atoms with Crippen LogP contribution in [0.3, 0.4) is 0 Å². The van der Waals surface area contributed by atoms with Gasteiger partial charge in [-0.15, -0.1) is 0 Å². The zero-order valence-corrected chi connectivity index (χ0v) is 15.5. The first-order valence-electron chi connectivity index (χ1n) is 8.94. The fraction of sp³-hybridized carbons (Fsp3) is 0.333. The second kappa shape index (κ2) is 5.83. The lowest BCUT2D eigenvalue weighted by Crippen LogP contribution is -2.33. The summed E-state index contributed by atoms with van der Waals surface area (Å²) in [5, 5.41) is 0.827. The lowest BCUT2D eigenvalue weighted by atomic mass is 9.73. The highest BCUT2D eigenvalue weighted by atomic mass is 35.5. The van der Waals surface area contributed by atoms with Gasteiger partial charge in [0, 0.05) is 5.02 Å². The molecule has 1 heterocycles. The molecule has 3 nitrogen and oxygen atoms in total. The first-order chi connectivity index (χ1) is 12.6. The van der Waals surface area contributed by atoms with Gasteiger partial charge in [-0.05, 0) is 54.4 Å². The molecule has 3 fully saturated rings. The Balaban J connectivity index is 1.51. The molecule has 26 heavy (non-hydrogen) atoms. The lowest BCUT2D eigenvalue weighted by molar-refractivity contribution is -0.123. The predicted octanol–water partition coefficient (Wildman–Crippen LogP) is 4.92. The van der Waals surface area contributed by atoms with E-state index < -0.39 is 0 Å². The van der Waals surface area contributed by atoms with Crippen molar-refractivity contribution in [1.82, 2.24) is 0 Å². The fourth-order valence-electron chi connectivity index (χ4n) is 5.44. The van der Waals surface area contributed by atoms with E-state index in [0.29, 0.717) is 21.7 Å². The minimum Gasteiger partial charge on any atom is -0.274 e. The topological polar surface area (TPSA) is 37.4 Å². The number of carbonyl (C=O) groups is 2. The number of nitrogens with zero attached hydrogens (tertiary/aromatic N) is 1. The van der Waals surface area contributed by atoms with Crippen LogP contribution in [0.5, 0.6) is 0 Å². The highest BCUT2D eigenvalue weighted by Crippen LogP contribution is 2.62. The van der Waals surface area contributed by atoms with E-state index in [1.165, 1.54) is 10.5 Å². The minimum absolute atomic E-state index is 0.0942. The molecular formula is C21H17Cl2NO2. The Labute approximate surface area is 161 Å². The summed E-state index contributed by atoms with van der Waals surface area (Å²) < 4.78 is 0. The molecule has 132 valence electrons. The van der Waals surface area contributed by atoms with E-state index in [1.807, 2.05) is 18.2 Å². The number of benzene rings is 2. The molecule has 2 aromatic rings. The lowest BCUT2D eigenvalue weighted by Gasteiger charge is -2.28. The Morgan fingerprint density at radius 3 is 2.35 bits per heavy atom. The molecule has 2 amide bonds. The van der Waals surface area contributed by atoms with Crippen molar-refractivity contribution in [2.45, 2.75) is 18.8 Å². The maximum Gasteiger partial charge on any atom is 0.238 e. The Hall–Kier alpha value is -1.84. The summed E-state index contributed by atoms with van der Waals surface area (Å²) in [6, 6.07) is 15.3. The van der Waals surface area contributed by atoms with Crippen molar-refractivity contribution in [3.8, 4) is 0 Å². The number of imide groups is 1. The van der Waals surface area contributed by atoms with E-state index in [9.17, 15) is 9.59 Å². The van der Waals surface area contributed by atoms with Gasteiger partial charge in [0.25, 0.3) is 0 Å². The quantitative estimate of drug-likeness (QED) is 0.687. The third kappa shape index (κ3) is 2.20. The molecule has 5 heteroatoms. The molecular weight excluding hydrogens is 369 g/mol. The van der Waals surface area contributed by atoms with Gasteiger partial charge in [-0.2, -0.15) is 0 Å². The number of halogens is 2. The SMILES string of the molecule is O=C1C2C3CC(c4ccccc4)C(C3)C2C(=O)N1c1ccc(Cl)cc1Cl. The number of amides is 2. The molecule has 5 atom stereocenters. The van der Waals surface area contributed by atoms with Gasteiger partial charge in [-0.25, -0.2) is 4.90 Å². The van der Waals surface area contributed by atoms with E-state index in [2.05, 4.69) is 12.1 Å². The average molecular weight is 386 g/mol. The van der Waals surface area contributed by atoms with Crippen molar-refractivity contribution in [3.63, 3.8) is 0 Å². The number of carbonyl (C=O) groups excluding carboxylic acids is 2. The summed E-state index contributed by atoms with van der Waals surface area (Å²) in [5.41, 5.74) is 1.73. The van der Waals surface area contributed by atoms with Gasteiger partial charge in [0.15, 0.2) is 0 Å². The predicted molar refractivity (Wildman–Crippen MR) is 101 cm³/mol. The van der Waals surface area contributed by atoms with Crippen LogP contribution in [0, 0.1) is 23.7 Å². The molecule has 1 saturated heterocycles. The van der Waals surface area contributed by atoms with Gasteiger partial charge >= 0.3 is 0 Å². The minimum atomic E-state index is -0.224. The fourth-order valence-corrected chi connectivity index (χ4v) is 5.94. The highest BCUT2D eigenvalue weighted by molar-refractivity contribution is 6.38. The summed E-state index contributed by atoms with van der Waals surface area (Å²) in [6.07, 6.45) is 1.95. The van der Waals surface area contributed by atoms with Gasteiger partial charge < -0.3 is 0 Å². The van der Waals surface area contributed by atoms with E-state index in [1.54, 1.807) is 18.2 Å². The Morgan fingerprint density at radius 2 is 1.62 bits per heavy atom. The summed E-state index contributed by atoms with van der Waals surface area (Å²) in [4.78, 5) is 27.6. The highest BCUT2D eigenvalue weighted by Gasteiger charge is 2.64. The molecule has 5 rings (SSSR count). The largest absolute Gasteiger partial charge is 0.274 e. The van der Waals surface area contributed by atoms with Crippen molar-refractivity contribution < 1.29 is 9.59 Å². The molecule has 2 aliphatic carbocycles. The van der Waals surface area contributed by atoms with Gasteiger partial charge in [-0.3, -0.25) is 9.59 Å². The molecule has 2 bridgehead atoms. The molecule has 0 N–H and O–H groups in total. The first-order valence-corrected chi connectivity index (χ1v) is 9.69. The van der Waals surface area contributed by atoms with Crippen molar-refractivity contribution in [2.24, 2.45) is 23.7 Å². The van der Waals surface area contributed by atoms with Crippen LogP contribution in [0.15, 0.2) is 48.5 Å². The van der Waals surface area contributed by atoms with E-state index in [4.69, 9.17) is 23.2 Å². The number of hydrogen-bond acceptors (Lipinski definition) is 2. The summed E-state index contributed by atoms with van der Waals surface area (Å²) in [6.45, 7) is 0. The third-order valence-corrected chi connectivity index (χ3v) is 6.93. The molecule has 0 aromatic heterocycles. The van der Waals surface area contributed by atoms with Crippen LogP contribution in [0.1, 0.15) is 24.3 Å². The molecule has 2 aromatic carbocycles. The monoisotopic (exact) mass is 385 g/mol. The second-order valence-corrected chi connectivity index (χ2v) is 8.42. The summed E-state index contributed by atoms with van der Waals surface area (Å²) >= 11 is 12.2. The van der Waals surface area contributed by atoms with Gasteiger partial charge in [0.05, 0.1) is 22.5 Å². The van der Waals surface area contributed by atoms with Crippen LogP contribution < -0.4 is 4.90 Å². The normalized spacial score (nSPS) is 32.4. The van der Waals surface area contributed by atoms with E-state index >= 15 is 0 Å². The van der Waals surface area contributed by atoms with E-state index in [-0.39, 0.29) is 35.5 Å². The standard InChI is InChI=1S/C21H17Cl2NO2/c22-13-6-7-17(16(23)10-13)24-20(25)18-12-8-14(11-4-2-1-3-5-11)15(9-12)19(18)21(24)26/h1-7,10,12,14-15,18-19H,8-9H2. The van der Waals surface area contributed by atoms with E-state index in [0.717, 1.165) is 12.8 Å². The average Bonchev–Trinajstić information content (AvgIpc) is 3.29. The molecule has 0 spiro atoms. The van der Waals surface area contributed by atoms with Gasteiger partial charge in [0.2, 0.25) is 11.8 Å². The third-order valence-electron chi connectivity index (χ3n) is 6.39. The first kappa shape index (κ1) is 16.3. The molecule has 2 saturated carbocycles.